The average molecular weight is 429 g/mol. The number of nitrogens with zero attached hydrogens (tertiary/aromatic N) is 1. The summed E-state index contributed by atoms with van der Waals surface area (Å²) in [4.78, 5) is 17.0. The van der Waals surface area contributed by atoms with Gasteiger partial charge in [-0.1, -0.05) is 36.4 Å². The zero-order valence-electron chi connectivity index (χ0n) is 16.1. The Labute approximate surface area is 175 Å². The third kappa shape index (κ3) is 4.72. The van der Waals surface area contributed by atoms with E-state index < -0.39 is 12.6 Å². The first-order valence-corrected chi connectivity index (χ1v) is 9.36. The molecule has 0 spiro atoms. The van der Waals surface area contributed by atoms with Gasteiger partial charge in [0.2, 0.25) is 0 Å². The Morgan fingerprint density at radius 2 is 1.84 bits per heavy atom. The maximum Gasteiger partial charge on any atom is 0.573 e. The lowest BCUT2D eigenvalue weighted by atomic mass is 10.1. The van der Waals surface area contributed by atoms with E-state index in [0.717, 1.165) is 17.7 Å². The molecule has 0 radical (unpaired) electrons. The summed E-state index contributed by atoms with van der Waals surface area (Å²) in [6.45, 7) is 0.353. The number of hydrogen-bond acceptors (Lipinski definition) is 4. The van der Waals surface area contributed by atoms with Crippen molar-refractivity contribution in [2.24, 2.45) is 0 Å². The highest BCUT2D eigenvalue weighted by atomic mass is 19.4. The number of fused-ring (bicyclic) bond motifs is 1. The van der Waals surface area contributed by atoms with Crippen molar-refractivity contribution in [2.75, 3.05) is 4.90 Å². The molecule has 0 saturated heterocycles. The van der Waals surface area contributed by atoms with Crippen molar-refractivity contribution in [3.05, 3.63) is 83.6 Å². The van der Waals surface area contributed by atoms with Crippen LogP contribution in [0.25, 0.3) is 6.08 Å². The molecule has 0 bridgehead atoms. The van der Waals surface area contributed by atoms with Crippen LogP contribution in [-0.2, 0) is 6.54 Å². The number of carbonyl (C=O) groups excluding carboxylic acids is 1. The van der Waals surface area contributed by atoms with Crippen molar-refractivity contribution in [2.45, 2.75) is 19.1 Å². The molecule has 1 aliphatic rings. The second-order valence-corrected chi connectivity index (χ2v) is 6.84. The van der Waals surface area contributed by atoms with Crippen LogP contribution in [0.4, 0.5) is 24.7 Å². The minimum Gasteiger partial charge on any atom is -0.406 e. The van der Waals surface area contributed by atoms with E-state index >= 15 is 0 Å². The number of rotatable bonds is 5. The van der Waals surface area contributed by atoms with Crippen LogP contribution in [0.1, 0.15) is 21.6 Å². The van der Waals surface area contributed by atoms with Crippen LogP contribution in [0.3, 0.4) is 0 Å². The molecule has 3 N–H and O–H groups in total. The number of aromatic amines is 1. The summed E-state index contributed by atoms with van der Waals surface area (Å²) in [6.07, 6.45) is -2.67. The van der Waals surface area contributed by atoms with Gasteiger partial charge in [-0.25, -0.2) is 0 Å². The molecule has 0 saturated carbocycles. The summed E-state index contributed by atoms with van der Waals surface area (Å²) in [5, 5.41) is 13.3. The van der Waals surface area contributed by atoms with Crippen molar-refractivity contribution in [3.63, 3.8) is 0 Å². The van der Waals surface area contributed by atoms with Gasteiger partial charge in [0.25, 0.3) is 5.91 Å². The highest BCUT2D eigenvalue weighted by Gasteiger charge is 2.31. The topological polar surface area (TPSA) is 77.6 Å². The van der Waals surface area contributed by atoms with Crippen molar-refractivity contribution < 1.29 is 27.8 Å². The molecular formula is C22H18F3N3O3. The monoisotopic (exact) mass is 429 g/mol. The quantitative estimate of drug-likeness (QED) is 0.564. The second-order valence-electron chi connectivity index (χ2n) is 6.84. The summed E-state index contributed by atoms with van der Waals surface area (Å²) < 4.78 is 41.0. The minimum atomic E-state index is -4.79. The van der Waals surface area contributed by atoms with Crippen molar-refractivity contribution in [1.29, 1.82) is 0 Å². The number of aliphatic hydroxyl groups is 1. The number of amides is 1. The average Bonchev–Trinajstić information content (AvgIpc) is 3.17. The van der Waals surface area contributed by atoms with Crippen molar-refractivity contribution in [1.82, 2.24) is 10.3 Å². The van der Waals surface area contributed by atoms with E-state index in [1.54, 1.807) is 12.1 Å². The molecule has 6 nitrogen and oxygen atoms in total. The van der Waals surface area contributed by atoms with Gasteiger partial charge in [0.15, 0.2) is 6.23 Å². The van der Waals surface area contributed by atoms with Crippen LogP contribution in [0, 0.1) is 0 Å². The zero-order valence-corrected chi connectivity index (χ0v) is 16.1. The highest BCUT2D eigenvalue weighted by molar-refractivity contribution is 5.95. The fraction of sp³-hybridized carbons (Fsp3) is 0.136. The summed E-state index contributed by atoms with van der Waals surface area (Å²) in [5.41, 5.74) is 2.32. The van der Waals surface area contributed by atoms with Gasteiger partial charge in [-0.2, -0.15) is 0 Å². The smallest absolute Gasteiger partial charge is 0.406 e. The van der Waals surface area contributed by atoms with Crippen LogP contribution in [0.15, 0.2) is 66.7 Å². The summed E-state index contributed by atoms with van der Waals surface area (Å²) in [6, 6.07) is 16.2. The van der Waals surface area contributed by atoms with Gasteiger partial charge in [-0.05, 0) is 42.0 Å². The number of nitrogens with one attached hydrogen (secondary N) is 2. The van der Waals surface area contributed by atoms with Crippen LogP contribution in [0.2, 0.25) is 0 Å². The van der Waals surface area contributed by atoms with E-state index in [9.17, 15) is 23.1 Å². The van der Waals surface area contributed by atoms with Gasteiger partial charge < -0.3 is 20.1 Å². The van der Waals surface area contributed by atoms with Gasteiger partial charge in [0.1, 0.15) is 17.3 Å². The second kappa shape index (κ2) is 8.19. The number of carbonyl (C=O) groups is 1. The number of halogens is 3. The Morgan fingerprint density at radius 3 is 2.52 bits per heavy atom. The Hall–Kier alpha value is -3.72. The number of alkyl halides is 3. The first-order valence-electron chi connectivity index (χ1n) is 9.36. The third-order valence-electron chi connectivity index (χ3n) is 4.67. The van der Waals surface area contributed by atoms with E-state index in [2.05, 4.69) is 15.0 Å². The van der Waals surface area contributed by atoms with E-state index in [1.807, 2.05) is 30.3 Å². The van der Waals surface area contributed by atoms with E-state index in [1.165, 1.54) is 23.1 Å². The van der Waals surface area contributed by atoms with E-state index in [4.69, 9.17) is 0 Å². The molecule has 1 aliphatic heterocycles. The van der Waals surface area contributed by atoms with E-state index in [-0.39, 0.29) is 11.7 Å². The molecule has 1 aromatic heterocycles. The van der Waals surface area contributed by atoms with Crippen LogP contribution >= 0.6 is 0 Å². The predicted octanol–water partition coefficient (Wildman–Crippen LogP) is 4.33. The largest absolute Gasteiger partial charge is 0.573 e. The Balaban J connectivity index is 1.54. The normalized spacial score (nSPS) is 15.5. The van der Waals surface area contributed by atoms with Gasteiger partial charge >= 0.3 is 6.36 Å². The van der Waals surface area contributed by atoms with Gasteiger partial charge in [-0.3, -0.25) is 9.69 Å². The van der Waals surface area contributed by atoms with Crippen LogP contribution < -0.4 is 15.0 Å². The number of hydrogen-bond donors (Lipinski definition) is 3. The molecule has 4 rings (SSSR count). The molecule has 31 heavy (non-hydrogen) atoms. The molecule has 9 heteroatoms. The zero-order chi connectivity index (χ0) is 22.0. The van der Waals surface area contributed by atoms with Crippen LogP contribution in [-0.4, -0.2) is 28.6 Å². The number of benzene rings is 2. The molecule has 0 fully saturated rings. The SMILES string of the molecule is O=C(NCc1ccccc1)c1cc2c([nH]1)N(c1ccc(OC(F)(F)F)cc1)C(O)C=C2. The number of anilines is 2. The maximum atomic E-state index is 12.6. The number of H-pyrrole nitrogens is 1. The van der Waals surface area contributed by atoms with Crippen LogP contribution in [0.5, 0.6) is 5.75 Å². The van der Waals surface area contributed by atoms with Crippen molar-refractivity contribution in [3.8, 4) is 5.75 Å². The van der Waals surface area contributed by atoms with Crippen molar-refractivity contribution >= 4 is 23.5 Å². The molecular weight excluding hydrogens is 411 g/mol. The summed E-state index contributed by atoms with van der Waals surface area (Å²) >= 11 is 0. The lowest BCUT2D eigenvalue weighted by molar-refractivity contribution is -0.274. The van der Waals surface area contributed by atoms with Gasteiger partial charge in [0.05, 0.1) is 0 Å². The van der Waals surface area contributed by atoms with Gasteiger partial charge in [0, 0.05) is 17.8 Å². The lowest BCUT2D eigenvalue weighted by Crippen LogP contribution is -2.31. The Kier molecular flexibility index (Phi) is 5.43. The minimum absolute atomic E-state index is 0.293. The molecule has 160 valence electrons. The Bertz CT molecular complexity index is 1090. The molecule has 2 aromatic carbocycles. The molecule has 1 unspecified atom stereocenters. The first-order chi connectivity index (χ1) is 14.8. The van der Waals surface area contributed by atoms with E-state index in [0.29, 0.717) is 29.3 Å². The van der Waals surface area contributed by atoms with Gasteiger partial charge in [-0.15, -0.1) is 13.2 Å². The fourth-order valence-corrected chi connectivity index (χ4v) is 3.28. The first kappa shape index (κ1) is 20.5. The molecule has 1 atom stereocenters. The molecule has 0 aliphatic carbocycles. The molecule has 1 amide bonds. The number of aliphatic hydroxyl groups excluding tert-OH is 1. The maximum absolute atomic E-state index is 12.6. The number of aromatic nitrogens is 1. The predicted molar refractivity (Wildman–Crippen MR) is 109 cm³/mol. The number of ether oxygens (including phenoxy) is 1. The lowest BCUT2D eigenvalue weighted by Gasteiger charge is -2.30. The summed E-state index contributed by atoms with van der Waals surface area (Å²) in [5.74, 6) is -0.245. The highest BCUT2D eigenvalue weighted by Crippen LogP contribution is 2.36. The summed E-state index contributed by atoms with van der Waals surface area (Å²) in [7, 11) is 0. The third-order valence-corrected chi connectivity index (χ3v) is 4.67. The fourth-order valence-electron chi connectivity index (χ4n) is 3.28. The Morgan fingerprint density at radius 1 is 1.13 bits per heavy atom. The molecule has 2 heterocycles. The molecule has 3 aromatic rings. The standard InChI is InChI=1S/C22H18F3N3O3/c23-22(24,25)31-17-9-7-16(8-10-17)28-19(29)11-6-15-12-18(27-20(15)28)21(30)26-13-14-4-2-1-3-5-14/h1-12,19,27,29H,13H2,(H,26,30).